The van der Waals surface area contributed by atoms with E-state index in [-0.39, 0.29) is 6.04 Å². The Morgan fingerprint density at radius 1 is 1.26 bits per heavy atom. The maximum Gasteiger partial charge on any atom is 0.137 e. The lowest BCUT2D eigenvalue weighted by Crippen LogP contribution is -2.07. The molecule has 0 saturated heterocycles. The first-order chi connectivity index (χ1) is 9.24. The molecule has 0 aliphatic rings. The summed E-state index contributed by atoms with van der Waals surface area (Å²) in [4.78, 5) is 8.57. The highest BCUT2D eigenvalue weighted by molar-refractivity contribution is 7.08. The Labute approximate surface area is 115 Å². The van der Waals surface area contributed by atoms with Crippen LogP contribution in [0.5, 0.6) is 0 Å². The molecule has 0 saturated carbocycles. The SMILES string of the molecule is CC(Nc1ncnc2ccc(N)cc12)c1ccsc1. The van der Waals surface area contributed by atoms with Crippen LogP contribution in [-0.2, 0) is 0 Å². The molecule has 5 heteroatoms. The number of nitrogens with one attached hydrogen (secondary N) is 1. The van der Waals surface area contributed by atoms with Gasteiger partial charge in [-0.3, -0.25) is 0 Å². The highest BCUT2D eigenvalue weighted by atomic mass is 32.1. The van der Waals surface area contributed by atoms with Crippen LogP contribution in [0.4, 0.5) is 11.5 Å². The predicted octanol–water partition coefficient (Wildman–Crippen LogP) is 3.45. The number of thiophene rings is 1. The van der Waals surface area contributed by atoms with Crippen molar-refractivity contribution >= 4 is 33.7 Å². The molecule has 19 heavy (non-hydrogen) atoms. The van der Waals surface area contributed by atoms with Crippen molar-refractivity contribution in [1.82, 2.24) is 9.97 Å². The summed E-state index contributed by atoms with van der Waals surface area (Å²) < 4.78 is 0. The van der Waals surface area contributed by atoms with E-state index >= 15 is 0 Å². The van der Waals surface area contributed by atoms with Crippen molar-refractivity contribution in [3.05, 3.63) is 46.9 Å². The Kier molecular flexibility index (Phi) is 3.05. The number of fused-ring (bicyclic) bond motifs is 1. The molecular formula is C14H14N4S. The number of nitrogens with zero attached hydrogens (tertiary/aromatic N) is 2. The van der Waals surface area contributed by atoms with Crippen LogP contribution < -0.4 is 11.1 Å². The first-order valence-corrected chi connectivity index (χ1v) is 6.97. The molecular weight excluding hydrogens is 256 g/mol. The van der Waals surface area contributed by atoms with Gasteiger partial charge in [0.1, 0.15) is 12.1 Å². The fourth-order valence-electron chi connectivity index (χ4n) is 2.00. The number of nitrogen functional groups attached to an aromatic ring is 1. The molecule has 3 rings (SSSR count). The normalized spacial score (nSPS) is 12.5. The first-order valence-electron chi connectivity index (χ1n) is 6.03. The molecule has 4 nitrogen and oxygen atoms in total. The van der Waals surface area contributed by atoms with Crippen LogP contribution in [-0.4, -0.2) is 9.97 Å². The summed E-state index contributed by atoms with van der Waals surface area (Å²) in [6, 6.07) is 7.97. The number of aromatic nitrogens is 2. The zero-order chi connectivity index (χ0) is 13.2. The van der Waals surface area contributed by atoms with Crippen molar-refractivity contribution < 1.29 is 0 Å². The van der Waals surface area contributed by atoms with E-state index in [4.69, 9.17) is 5.73 Å². The minimum absolute atomic E-state index is 0.200. The second-order valence-electron chi connectivity index (χ2n) is 4.42. The van der Waals surface area contributed by atoms with E-state index in [0.29, 0.717) is 5.69 Å². The third-order valence-electron chi connectivity index (χ3n) is 3.06. The molecule has 3 N–H and O–H groups in total. The van der Waals surface area contributed by atoms with Gasteiger partial charge in [-0.2, -0.15) is 11.3 Å². The van der Waals surface area contributed by atoms with Gasteiger partial charge < -0.3 is 11.1 Å². The van der Waals surface area contributed by atoms with Gasteiger partial charge in [0.05, 0.1) is 11.6 Å². The molecule has 0 spiro atoms. The van der Waals surface area contributed by atoms with Crippen molar-refractivity contribution in [2.75, 3.05) is 11.1 Å². The Balaban J connectivity index is 1.98. The molecule has 2 aromatic heterocycles. The molecule has 0 aliphatic heterocycles. The molecule has 0 amide bonds. The minimum Gasteiger partial charge on any atom is -0.399 e. The molecule has 1 unspecified atom stereocenters. The lowest BCUT2D eigenvalue weighted by Gasteiger charge is -2.14. The Bertz CT molecular complexity index is 694. The summed E-state index contributed by atoms with van der Waals surface area (Å²) >= 11 is 1.69. The van der Waals surface area contributed by atoms with Crippen LogP contribution >= 0.6 is 11.3 Å². The number of rotatable bonds is 3. The molecule has 1 atom stereocenters. The number of hydrogen-bond acceptors (Lipinski definition) is 5. The van der Waals surface area contributed by atoms with E-state index in [2.05, 4.69) is 39.0 Å². The molecule has 2 heterocycles. The zero-order valence-electron chi connectivity index (χ0n) is 10.5. The van der Waals surface area contributed by atoms with E-state index in [9.17, 15) is 0 Å². The molecule has 0 fully saturated rings. The van der Waals surface area contributed by atoms with Crippen LogP contribution in [0.2, 0.25) is 0 Å². The van der Waals surface area contributed by atoms with Crippen LogP contribution in [0.1, 0.15) is 18.5 Å². The van der Waals surface area contributed by atoms with Crippen LogP contribution in [0.15, 0.2) is 41.4 Å². The summed E-state index contributed by atoms with van der Waals surface area (Å²) in [6.07, 6.45) is 1.57. The van der Waals surface area contributed by atoms with E-state index < -0.39 is 0 Å². The average Bonchev–Trinajstić information content (AvgIpc) is 2.93. The van der Waals surface area contributed by atoms with Gasteiger partial charge in [0.25, 0.3) is 0 Å². The number of nitrogens with two attached hydrogens (primary N) is 1. The van der Waals surface area contributed by atoms with Crippen molar-refractivity contribution in [3.63, 3.8) is 0 Å². The van der Waals surface area contributed by atoms with Gasteiger partial charge in [0.15, 0.2) is 0 Å². The van der Waals surface area contributed by atoms with Crippen LogP contribution in [0.25, 0.3) is 10.9 Å². The Hall–Kier alpha value is -2.14. The number of benzene rings is 1. The topological polar surface area (TPSA) is 63.8 Å². The van der Waals surface area contributed by atoms with Crippen molar-refractivity contribution in [2.24, 2.45) is 0 Å². The quantitative estimate of drug-likeness (QED) is 0.715. The maximum atomic E-state index is 5.84. The fraction of sp³-hybridized carbons (Fsp3) is 0.143. The van der Waals surface area contributed by atoms with Crippen LogP contribution in [0.3, 0.4) is 0 Å². The molecule has 96 valence electrons. The van der Waals surface area contributed by atoms with Gasteiger partial charge in [-0.15, -0.1) is 0 Å². The largest absolute Gasteiger partial charge is 0.399 e. The molecule has 0 bridgehead atoms. The molecule has 0 radical (unpaired) electrons. The standard InChI is InChI=1S/C14H14N4S/c1-9(10-4-5-19-7-10)18-14-12-6-11(15)2-3-13(12)16-8-17-14/h2-9H,15H2,1H3,(H,16,17,18). The van der Waals surface area contributed by atoms with E-state index in [1.807, 2.05) is 18.2 Å². The first kappa shape index (κ1) is 11.9. The predicted molar refractivity (Wildman–Crippen MR) is 80.3 cm³/mol. The fourth-order valence-corrected chi connectivity index (χ4v) is 2.75. The molecule has 1 aromatic carbocycles. The maximum absolute atomic E-state index is 5.84. The van der Waals surface area contributed by atoms with Gasteiger partial charge in [-0.25, -0.2) is 9.97 Å². The van der Waals surface area contributed by atoms with E-state index in [0.717, 1.165) is 16.7 Å². The Morgan fingerprint density at radius 3 is 2.95 bits per heavy atom. The Morgan fingerprint density at radius 2 is 2.16 bits per heavy atom. The van der Waals surface area contributed by atoms with Crippen molar-refractivity contribution in [2.45, 2.75) is 13.0 Å². The van der Waals surface area contributed by atoms with Gasteiger partial charge in [0, 0.05) is 11.1 Å². The van der Waals surface area contributed by atoms with E-state index in [1.165, 1.54) is 5.56 Å². The van der Waals surface area contributed by atoms with Crippen LogP contribution in [0, 0.1) is 0 Å². The lowest BCUT2D eigenvalue weighted by atomic mass is 10.1. The summed E-state index contributed by atoms with van der Waals surface area (Å²) in [5.74, 6) is 0.816. The molecule has 0 aliphatic carbocycles. The minimum atomic E-state index is 0.200. The van der Waals surface area contributed by atoms with Crippen molar-refractivity contribution in [1.29, 1.82) is 0 Å². The number of hydrogen-bond donors (Lipinski definition) is 2. The van der Waals surface area contributed by atoms with Gasteiger partial charge in [-0.05, 0) is 47.5 Å². The smallest absolute Gasteiger partial charge is 0.137 e. The summed E-state index contributed by atoms with van der Waals surface area (Å²) in [6.45, 7) is 2.11. The number of anilines is 2. The van der Waals surface area contributed by atoms with Crippen molar-refractivity contribution in [3.8, 4) is 0 Å². The second kappa shape index (κ2) is 4.85. The average molecular weight is 270 g/mol. The third kappa shape index (κ3) is 2.37. The van der Waals surface area contributed by atoms with E-state index in [1.54, 1.807) is 17.7 Å². The van der Waals surface area contributed by atoms with Gasteiger partial charge >= 0.3 is 0 Å². The highest BCUT2D eigenvalue weighted by Crippen LogP contribution is 2.26. The van der Waals surface area contributed by atoms with Gasteiger partial charge in [0.2, 0.25) is 0 Å². The zero-order valence-corrected chi connectivity index (χ0v) is 11.3. The molecule has 3 aromatic rings. The third-order valence-corrected chi connectivity index (χ3v) is 3.76. The second-order valence-corrected chi connectivity index (χ2v) is 5.20. The summed E-state index contributed by atoms with van der Waals surface area (Å²) in [5.41, 5.74) is 8.70. The summed E-state index contributed by atoms with van der Waals surface area (Å²) in [7, 11) is 0. The highest BCUT2D eigenvalue weighted by Gasteiger charge is 2.09. The lowest BCUT2D eigenvalue weighted by molar-refractivity contribution is 0.881. The van der Waals surface area contributed by atoms with Gasteiger partial charge in [-0.1, -0.05) is 0 Å². The monoisotopic (exact) mass is 270 g/mol. The summed E-state index contributed by atoms with van der Waals surface area (Å²) in [5, 5.41) is 8.57.